The van der Waals surface area contributed by atoms with E-state index in [1.165, 1.54) is 16.3 Å². The SMILES string of the molecule is CNc1cc(Sc2n[nH]c(=O)n2C)ccn1. The fraction of sp³-hybridized carbons (Fsp3) is 0.222. The van der Waals surface area contributed by atoms with E-state index in [4.69, 9.17) is 0 Å². The summed E-state index contributed by atoms with van der Waals surface area (Å²) in [6.07, 6.45) is 1.71. The Morgan fingerprint density at radius 3 is 3.00 bits per heavy atom. The minimum atomic E-state index is -0.217. The molecule has 16 heavy (non-hydrogen) atoms. The molecule has 2 aromatic heterocycles. The molecule has 84 valence electrons. The van der Waals surface area contributed by atoms with Crippen molar-refractivity contribution in [3.05, 3.63) is 28.8 Å². The van der Waals surface area contributed by atoms with Crippen LogP contribution >= 0.6 is 11.8 Å². The molecule has 0 aliphatic carbocycles. The first-order valence-corrected chi connectivity index (χ1v) is 5.45. The van der Waals surface area contributed by atoms with Crippen LogP contribution in [0.4, 0.5) is 5.82 Å². The van der Waals surface area contributed by atoms with Crippen molar-refractivity contribution < 1.29 is 0 Å². The van der Waals surface area contributed by atoms with Crippen molar-refractivity contribution in [2.45, 2.75) is 10.1 Å². The van der Waals surface area contributed by atoms with Crippen molar-refractivity contribution in [3.63, 3.8) is 0 Å². The van der Waals surface area contributed by atoms with Gasteiger partial charge in [-0.25, -0.2) is 14.9 Å². The molecule has 2 heterocycles. The molecule has 0 atom stereocenters. The van der Waals surface area contributed by atoms with Gasteiger partial charge in [-0.05, 0) is 23.9 Å². The summed E-state index contributed by atoms with van der Waals surface area (Å²) in [7, 11) is 3.48. The lowest BCUT2D eigenvalue weighted by molar-refractivity contribution is 0.766. The maximum Gasteiger partial charge on any atom is 0.343 e. The standard InChI is InChI=1S/C9H11N5OS/c1-10-7-5-6(3-4-11-7)16-9-13-12-8(15)14(9)2/h3-5H,1-2H3,(H,10,11)(H,12,15). The highest BCUT2D eigenvalue weighted by Crippen LogP contribution is 2.25. The highest BCUT2D eigenvalue weighted by molar-refractivity contribution is 7.99. The van der Waals surface area contributed by atoms with Crippen molar-refractivity contribution in [3.8, 4) is 0 Å². The number of hydrogen-bond donors (Lipinski definition) is 2. The van der Waals surface area contributed by atoms with Crippen LogP contribution in [-0.2, 0) is 7.05 Å². The number of nitrogens with one attached hydrogen (secondary N) is 2. The number of anilines is 1. The molecule has 0 saturated heterocycles. The summed E-state index contributed by atoms with van der Waals surface area (Å²) in [6, 6.07) is 3.76. The van der Waals surface area contributed by atoms with Gasteiger partial charge in [0.25, 0.3) is 0 Å². The quantitative estimate of drug-likeness (QED) is 0.821. The van der Waals surface area contributed by atoms with Crippen LogP contribution in [0, 0.1) is 0 Å². The van der Waals surface area contributed by atoms with Crippen molar-refractivity contribution >= 4 is 17.6 Å². The summed E-state index contributed by atoms with van der Waals surface area (Å²) in [6.45, 7) is 0. The maximum atomic E-state index is 11.2. The molecule has 2 rings (SSSR count). The van der Waals surface area contributed by atoms with Crippen molar-refractivity contribution in [2.24, 2.45) is 7.05 Å². The maximum absolute atomic E-state index is 11.2. The van der Waals surface area contributed by atoms with Crippen LogP contribution in [0.5, 0.6) is 0 Å². The lowest BCUT2D eigenvalue weighted by Crippen LogP contribution is -2.12. The largest absolute Gasteiger partial charge is 0.373 e. The van der Waals surface area contributed by atoms with Crippen LogP contribution in [0.1, 0.15) is 0 Å². The summed E-state index contributed by atoms with van der Waals surface area (Å²) in [5.74, 6) is 0.783. The molecule has 0 radical (unpaired) electrons. The van der Waals surface area contributed by atoms with Crippen LogP contribution in [0.25, 0.3) is 0 Å². The highest BCUT2D eigenvalue weighted by atomic mass is 32.2. The van der Waals surface area contributed by atoms with Gasteiger partial charge in [-0.2, -0.15) is 0 Å². The minimum absolute atomic E-state index is 0.217. The summed E-state index contributed by atoms with van der Waals surface area (Å²) in [5.41, 5.74) is -0.217. The first-order chi connectivity index (χ1) is 7.70. The predicted octanol–water partition coefficient (Wildman–Crippen LogP) is 0.696. The van der Waals surface area contributed by atoms with Crippen LogP contribution in [0.15, 0.2) is 33.2 Å². The van der Waals surface area contributed by atoms with Crippen molar-refractivity contribution in [1.82, 2.24) is 19.7 Å². The highest BCUT2D eigenvalue weighted by Gasteiger charge is 2.06. The Kier molecular flexibility index (Phi) is 2.95. The van der Waals surface area contributed by atoms with Gasteiger partial charge < -0.3 is 5.32 Å². The molecule has 2 N–H and O–H groups in total. The van der Waals surface area contributed by atoms with E-state index in [-0.39, 0.29) is 5.69 Å². The molecule has 7 heteroatoms. The van der Waals surface area contributed by atoms with E-state index in [2.05, 4.69) is 20.5 Å². The summed E-state index contributed by atoms with van der Waals surface area (Å²) in [4.78, 5) is 16.2. The second-order valence-electron chi connectivity index (χ2n) is 3.10. The Labute approximate surface area is 96.1 Å². The van der Waals surface area contributed by atoms with Gasteiger partial charge in [0, 0.05) is 25.2 Å². The Balaban J connectivity index is 2.26. The Bertz CT molecular complexity index is 547. The molecular formula is C9H11N5OS. The van der Waals surface area contributed by atoms with Gasteiger partial charge in [0.2, 0.25) is 0 Å². The Morgan fingerprint density at radius 2 is 2.38 bits per heavy atom. The smallest absolute Gasteiger partial charge is 0.343 e. The zero-order valence-electron chi connectivity index (χ0n) is 8.89. The van der Waals surface area contributed by atoms with E-state index in [0.29, 0.717) is 5.16 Å². The first kappa shape index (κ1) is 10.7. The predicted molar refractivity (Wildman–Crippen MR) is 61.7 cm³/mol. The van der Waals surface area contributed by atoms with E-state index < -0.39 is 0 Å². The zero-order valence-corrected chi connectivity index (χ0v) is 9.71. The topological polar surface area (TPSA) is 75.6 Å². The molecule has 0 aliphatic rings. The van der Waals surface area contributed by atoms with E-state index in [1.807, 2.05) is 12.1 Å². The number of pyridine rings is 1. The number of hydrogen-bond acceptors (Lipinski definition) is 5. The van der Waals surface area contributed by atoms with Gasteiger partial charge >= 0.3 is 5.69 Å². The number of aromatic nitrogens is 4. The fourth-order valence-corrected chi connectivity index (χ4v) is 1.96. The van der Waals surface area contributed by atoms with Crippen LogP contribution in [0.2, 0.25) is 0 Å². The molecule has 0 spiro atoms. The Morgan fingerprint density at radius 1 is 1.56 bits per heavy atom. The van der Waals surface area contributed by atoms with E-state index >= 15 is 0 Å². The van der Waals surface area contributed by atoms with Gasteiger partial charge in [0.15, 0.2) is 5.16 Å². The first-order valence-electron chi connectivity index (χ1n) is 4.64. The van der Waals surface area contributed by atoms with Crippen molar-refractivity contribution in [2.75, 3.05) is 12.4 Å². The minimum Gasteiger partial charge on any atom is -0.373 e. The Hall–Kier alpha value is -1.76. The number of aromatic amines is 1. The lowest BCUT2D eigenvalue weighted by atomic mass is 10.5. The molecule has 0 aromatic carbocycles. The monoisotopic (exact) mass is 237 g/mol. The van der Waals surface area contributed by atoms with Crippen LogP contribution < -0.4 is 11.0 Å². The third-order valence-electron chi connectivity index (χ3n) is 2.04. The summed E-state index contributed by atoms with van der Waals surface area (Å²) >= 11 is 1.41. The number of nitrogens with zero attached hydrogens (tertiary/aromatic N) is 3. The summed E-state index contributed by atoms with van der Waals surface area (Å²) in [5, 5.41) is 9.88. The second-order valence-corrected chi connectivity index (χ2v) is 4.14. The summed E-state index contributed by atoms with van der Waals surface area (Å²) < 4.78 is 1.46. The van der Waals surface area contributed by atoms with E-state index in [9.17, 15) is 4.79 Å². The number of H-pyrrole nitrogens is 1. The van der Waals surface area contributed by atoms with Gasteiger partial charge in [0.05, 0.1) is 0 Å². The zero-order chi connectivity index (χ0) is 11.5. The van der Waals surface area contributed by atoms with Crippen LogP contribution in [0.3, 0.4) is 0 Å². The average Bonchev–Trinajstić information content (AvgIpc) is 2.61. The van der Waals surface area contributed by atoms with Gasteiger partial charge in [-0.3, -0.25) is 4.57 Å². The van der Waals surface area contributed by atoms with Crippen LogP contribution in [-0.4, -0.2) is 26.8 Å². The second kappa shape index (κ2) is 4.40. The molecule has 0 fully saturated rings. The molecule has 2 aromatic rings. The molecule has 0 aliphatic heterocycles. The number of rotatable bonds is 3. The molecule has 6 nitrogen and oxygen atoms in total. The normalized spacial score (nSPS) is 10.4. The third-order valence-corrected chi connectivity index (χ3v) is 3.07. The van der Waals surface area contributed by atoms with Gasteiger partial charge in [-0.1, -0.05) is 0 Å². The average molecular weight is 237 g/mol. The third kappa shape index (κ3) is 2.08. The molecule has 0 saturated carbocycles. The molecule has 0 bridgehead atoms. The lowest BCUT2D eigenvalue weighted by Gasteiger charge is -2.02. The molecule has 0 unspecified atom stereocenters. The molecular weight excluding hydrogens is 226 g/mol. The van der Waals surface area contributed by atoms with E-state index in [1.54, 1.807) is 20.3 Å². The van der Waals surface area contributed by atoms with E-state index in [0.717, 1.165) is 10.7 Å². The van der Waals surface area contributed by atoms with Gasteiger partial charge in [-0.15, -0.1) is 5.10 Å². The fourth-order valence-electron chi connectivity index (χ4n) is 1.14. The van der Waals surface area contributed by atoms with Crippen molar-refractivity contribution in [1.29, 1.82) is 0 Å². The van der Waals surface area contributed by atoms with Gasteiger partial charge in [0.1, 0.15) is 5.82 Å². The molecule has 0 amide bonds.